The van der Waals surface area contributed by atoms with Crippen LogP contribution in [-0.2, 0) is 14.2 Å². The molecule has 0 amide bonds. The van der Waals surface area contributed by atoms with Gasteiger partial charge < -0.3 is 29.5 Å². The number of ether oxygens (including phenoxy) is 3. The van der Waals surface area contributed by atoms with Crippen LogP contribution in [0.1, 0.15) is 2.74 Å². The van der Waals surface area contributed by atoms with Crippen molar-refractivity contribution in [3.05, 3.63) is 0 Å². The summed E-state index contributed by atoms with van der Waals surface area (Å²) < 4.78 is 28.6. The first-order valence-corrected chi connectivity index (χ1v) is 4.09. The van der Waals surface area contributed by atoms with Gasteiger partial charge >= 0.3 is 0 Å². The van der Waals surface area contributed by atoms with Crippen molar-refractivity contribution >= 4 is 0 Å². The lowest BCUT2D eigenvalue weighted by atomic mass is 9.99. The van der Waals surface area contributed by atoms with Crippen molar-refractivity contribution in [1.82, 2.24) is 0 Å². The molecule has 3 N–H and O–H groups in total. The summed E-state index contributed by atoms with van der Waals surface area (Å²) in [5.74, 6) is 0. The van der Waals surface area contributed by atoms with E-state index in [1.807, 2.05) is 0 Å². The Morgan fingerprint density at radius 2 is 2.00 bits per heavy atom. The molecule has 0 aromatic carbocycles. The van der Waals surface area contributed by atoms with Crippen molar-refractivity contribution in [2.24, 2.45) is 0 Å². The van der Waals surface area contributed by atoms with E-state index in [0.717, 1.165) is 0 Å². The molecule has 6 nitrogen and oxygen atoms in total. The SMILES string of the molecule is [2H]COC1O[C@H](CO)[C@@H](O)[C@H](O)[C@H]1OC[2H]. The third-order valence-electron chi connectivity index (χ3n) is 2.18. The Morgan fingerprint density at radius 3 is 2.57 bits per heavy atom. The van der Waals surface area contributed by atoms with Crippen molar-refractivity contribution in [2.45, 2.75) is 30.7 Å². The molecule has 0 aliphatic carbocycles. The molecule has 1 saturated heterocycles. The fourth-order valence-corrected chi connectivity index (χ4v) is 1.37. The third kappa shape index (κ3) is 2.05. The van der Waals surface area contributed by atoms with Crippen LogP contribution in [0.4, 0.5) is 0 Å². The van der Waals surface area contributed by atoms with Gasteiger partial charge in [0, 0.05) is 14.2 Å². The highest BCUT2D eigenvalue weighted by Crippen LogP contribution is 2.23. The minimum Gasteiger partial charge on any atom is -0.394 e. The lowest BCUT2D eigenvalue weighted by Crippen LogP contribution is -2.59. The number of aliphatic hydroxyl groups excluding tert-OH is 3. The molecule has 1 fully saturated rings. The summed E-state index contributed by atoms with van der Waals surface area (Å²) in [5, 5.41) is 28.1. The van der Waals surface area contributed by atoms with E-state index in [4.69, 9.17) is 22.1 Å². The van der Waals surface area contributed by atoms with Gasteiger partial charge in [0.25, 0.3) is 0 Å². The molecule has 0 radical (unpaired) electrons. The average Bonchev–Trinajstić information content (AvgIpc) is 2.28. The molecule has 0 saturated carbocycles. The van der Waals surface area contributed by atoms with Gasteiger partial charge in [-0.15, -0.1) is 0 Å². The number of rotatable bonds is 3. The molecule has 0 spiro atoms. The Labute approximate surface area is 84.8 Å². The van der Waals surface area contributed by atoms with E-state index in [-0.39, 0.29) is 0 Å². The van der Waals surface area contributed by atoms with E-state index < -0.39 is 51.5 Å². The standard InChI is InChI=1S/C8H16O6/c1-12-7-6(11)5(10)4(3-9)14-8(7)13-2/h4-11H,3H2,1-2H3/t4-,5-,6+,7-,8?/m1/s1/i1D,2D. The molecule has 0 aromatic rings. The van der Waals surface area contributed by atoms with Crippen LogP contribution in [0.3, 0.4) is 0 Å². The average molecular weight is 210 g/mol. The highest BCUT2D eigenvalue weighted by Gasteiger charge is 2.44. The third-order valence-corrected chi connectivity index (χ3v) is 2.18. The first-order valence-electron chi connectivity index (χ1n) is 5.51. The minimum absolute atomic E-state index is 0.413. The molecule has 1 aliphatic rings. The van der Waals surface area contributed by atoms with E-state index in [1.54, 1.807) is 0 Å². The van der Waals surface area contributed by atoms with Gasteiger partial charge in [0.05, 0.1) is 9.35 Å². The smallest absolute Gasteiger partial charge is 0.186 e. The van der Waals surface area contributed by atoms with Crippen LogP contribution in [0.15, 0.2) is 0 Å². The van der Waals surface area contributed by atoms with Gasteiger partial charge in [-0.2, -0.15) is 0 Å². The predicted octanol–water partition coefficient (Wildman–Crippen LogP) is -1.91. The fourth-order valence-electron chi connectivity index (χ4n) is 1.37. The lowest BCUT2D eigenvalue weighted by molar-refractivity contribution is -0.299. The zero-order chi connectivity index (χ0) is 12.1. The molecule has 0 bridgehead atoms. The predicted molar refractivity (Wildman–Crippen MR) is 45.6 cm³/mol. The van der Waals surface area contributed by atoms with E-state index in [9.17, 15) is 10.2 Å². The van der Waals surface area contributed by atoms with Crippen LogP contribution >= 0.6 is 0 Å². The van der Waals surface area contributed by atoms with Crippen LogP contribution in [0.5, 0.6) is 0 Å². The molecule has 5 atom stereocenters. The number of aliphatic hydroxyl groups is 3. The molecule has 1 heterocycles. The topological polar surface area (TPSA) is 88.4 Å². The van der Waals surface area contributed by atoms with Gasteiger partial charge in [-0.3, -0.25) is 0 Å². The Balaban J connectivity index is 2.71. The number of hydrogen-bond acceptors (Lipinski definition) is 6. The van der Waals surface area contributed by atoms with Gasteiger partial charge in [0.2, 0.25) is 0 Å². The van der Waals surface area contributed by atoms with Gasteiger partial charge in [-0.1, -0.05) is 0 Å². The van der Waals surface area contributed by atoms with Crippen LogP contribution in [-0.4, -0.2) is 66.8 Å². The molecule has 0 aromatic heterocycles. The molecule has 6 heteroatoms. The van der Waals surface area contributed by atoms with Crippen molar-refractivity contribution in [3.8, 4) is 0 Å². The second-order valence-electron chi connectivity index (χ2n) is 3.00. The molecule has 84 valence electrons. The minimum atomic E-state index is -1.33. The first kappa shape index (κ1) is 9.02. The van der Waals surface area contributed by atoms with E-state index in [1.165, 1.54) is 0 Å². The van der Waals surface area contributed by atoms with Crippen LogP contribution in [0.2, 0.25) is 0 Å². The Bertz CT molecular complexity index is 207. The fraction of sp³-hybridized carbons (Fsp3) is 1.00. The molecular weight excluding hydrogens is 192 g/mol. The number of methoxy groups -OCH3 is 2. The van der Waals surface area contributed by atoms with Gasteiger partial charge in [-0.05, 0) is 0 Å². The Kier molecular flexibility index (Phi) is 3.23. The van der Waals surface area contributed by atoms with E-state index in [2.05, 4.69) is 0 Å². The zero-order valence-electron chi connectivity index (χ0n) is 9.57. The summed E-state index contributed by atoms with van der Waals surface area (Å²) in [5.41, 5.74) is 0. The van der Waals surface area contributed by atoms with Crippen LogP contribution < -0.4 is 0 Å². The molecule has 1 unspecified atom stereocenters. The van der Waals surface area contributed by atoms with Gasteiger partial charge in [0.1, 0.15) is 24.4 Å². The maximum atomic E-state index is 9.68. The summed E-state index contributed by atoms with van der Waals surface area (Å²) >= 11 is 0. The summed E-state index contributed by atoms with van der Waals surface area (Å²) in [7, 11) is -0.844. The maximum absolute atomic E-state index is 9.68. The quantitative estimate of drug-likeness (QED) is 0.503. The van der Waals surface area contributed by atoms with E-state index in [0.29, 0.717) is 0 Å². The second kappa shape index (κ2) is 5.01. The summed E-state index contributed by atoms with van der Waals surface area (Å²) in [6.45, 7) is -0.482. The van der Waals surface area contributed by atoms with Crippen molar-refractivity contribution in [1.29, 1.82) is 0 Å². The maximum Gasteiger partial charge on any atom is 0.186 e. The van der Waals surface area contributed by atoms with Gasteiger partial charge in [0.15, 0.2) is 6.29 Å². The number of hydrogen-bond donors (Lipinski definition) is 3. The summed E-state index contributed by atoms with van der Waals surface area (Å²) in [6, 6.07) is 0. The second-order valence-corrected chi connectivity index (χ2v) is 3.00. The lowest BCUT2D eigenvalue weighted by Gasteiger charge is -2.40. The highest BCUT2D eigenvalue weighted by atomic mass is 16.7. The molecule has 1 aliphatic heterocycles. The summed E-state index contributed by atoms with van der Waals surface area (Å²) in [4.78, 5) is 0. The molecular formula is C8H16O6. The zero-order valence-corrected chi connectivity index (χ0v) is 7.57. The highest BCUT2D eigenvalue weighted by molar-refractivity contribution is 4.89. The first-order chi connectivity index (χ1) is 7.65. The summed E-state index contributed by atoms with van der Waals surface area (Å²) in [6.07, 6.45) is -5.74. The van der Waals surface area contributed by atoms with Crippen molar-refractivity contribution in [3.63, 3.8) is 0 Å². The molecule has 1 rings (SSSR count). The Morgan fingerprint density at radius 1 is 1.29 bits per heavy atom. The molecule has 14 heavy (non-hydrogen) atoms. The van der Waals surface area contributed by atoms with E-state index >= 15 is 0 Å². The van der Waals surface area contributed by atoms with Gasteiger partial charge in [-0.25, -0.2) is 0 Å². The Hall–Kier alpha value is -0.240. The largest absolute Gasteiger partial charge is 0.394 e. The monoisotopic (exact) mass is 210 g/mol. The van der Waals surface area contributed by atoms with Crippen LogP contribution in [0.25, 0.3) is 0 Å². The van der Waals surface area contributed by atoms with Crippen LogP contribution in [0, 0.1) is 0 Å². The van der Waals surface area contributed by atoms with Crippen molar-refractivity contribution < 1.29 is 32.3 Å². The van der Waals surface area contributed by atoms with Crippen molar-refractivity contribution in [2.75, 3.05) is 20.8 Å². The normalized spacial score (nSPS) is 45.8.